The lowest BCUT2D eigenvalue weighted by molar-refractivity contribution is 0.0451. The Labute approximate surface area is 89.9 Å². The molecule has 0 spiro atoms. The highest BCUT2D eigenvalue weighted by atomic mass is 16.6. The van der Waals surface area contributed by atoms with Crippen LogP contribution in [0.4, 0.5) is 4.79 Å². The third kappa shape index (κ3) is 2.41. The van der Waals surface area contributed by atoms with Crippen LogP contribution in [0.15, 0.2) is 0 Å². The highest BCUT2D eigenvalue weighted by molar-refractivity contribution is 5.69. The molecule has 0 saturated carbocycles. The number of alkyl carbamates (subject to hydrolysis) is 1. The molecule has 0 radical (unpaired) electrons. The number of fused-ring (bicyclic) bond motifs is 2. The van der Waals surface area contributed by atoms with Crippen LogP contribution in [0.5, 0.6) is 0 Å². The number of nitrogens with one attached hydrogen (secondary N) is 3. The fourth-order valence-corrected chi connectivity index (χ4v) is 2.12. The van der Waals surface area contributed by atoms with Gasteiger partial charge in [-0.25, -0.2) is 4.79 Å². The molecule has 2 atom stereocenters. The van der Waals surface area contributed by atoms with Crippen LogP contribution in [0.3, 0.4) is 0 Å². The minimum atomic E-state index is -0.440. The molecule has 1 amide bonds. The van der Waals surface area contributed by atoms with Gasteiger partial charge in [-0.15, -0.1) is 0 Å². The van der Waals surface area contributed by atoms with Crippen molar-refractivity contribution in [2.45, 2.75) is 44.5 Å². The van der Waals surface area contributed by atoms with Gasteiger partial charge in [0.15, 0.2) is 0 Å². The molecule has 2 aliphatic rings. The standard InChI is InChI=1S/C10H19N3O2/c1-9(2,3)15-8(14)13-10-4-7(5-12-10)11-6-10/h7,11-12H,4-6H2,1-3H3,(H,13,14)/t7-,10-/m1/s1. The molecule has 2 heterocycles. The number of amides is 1. The summed E-state index contributed by atoms with van der Waals surface area (Å²) >= 11 is 0. The summed E-state index contributed by atoms with van der Waals surface area (Å²) in [6, 6.07) is 0.486. The maximum Gasteiger partial charge on any atom is 0.409 e. The van der Waals surface area contributed by atoms with Crippen molar-refractivity contribution in [3.05, 3.63) is 0 Å². The first kappa shape index (κ1) is 10.7. The highest BCUT2D eigenvalue weighted by Gasteiger charge is 2.46. The van der Waals surface area contributed by atoms with E-state index in [4.69, 9.17) is 4.74 Å². The molecule has 0 aromatic rings. The van der Waals surface area contributed by atoms with Crippen LogP contribution in [-0.2, 0) is 4.74 Å². The maximum absolute atomic E-state index is 11.6. The van der Waals surface area contributed by atoms with Crippen LogP contribution in [0, 0.1) is 0 Å². The average Bonchev–Trinajstić information content (AvgIpc) is 2.58. The Morgan fingerprint density at radius 3 is 2.67 bits per heavy atom. The predicted octanol–water partition coefficient (Wildman–Crippen LogP) is 0.173. The van der Waals surface area contributed by atoms with E-state index in [0.717, 1.165) is 19.5 Å². The van der Waals surface area contributed by atoms with Gasteiger partial charge in [-0.1, -0.05) is 0 Å². The first-order chi connectivity index (χ1) is 6.89. The quantitative estimate of drug-likeness (QED) is 0.581. The van der Waals surface area contributed by atoms with E-state index in [1.165, 1.54) is 0 Å². The number of rotatable bonds is 1. The van der Waals surface area contributed by atoms with Gasteiger partial charge in [0.05, 0.1) is 0 Å². The van der Waals surface area contributed by atoms with Crippen molar-refractivity contribution in [2.24, 2.45) is 0 Å². The summed E-state index contributed by atoms with van der Waals surface area (Å²) in [7, 11) is 0. The zero-order valence-corrected chi connectivity index (χ0v) is 9.52. The average molecular weight is 213 g/mol. The van der Waals surface area contributed by atoms with Gasteiger partial charge in [0.1, 0.15) is 11.3 Å². The van der Waals surface area contributed by atoms with Crippen molar-refractivity contribution < 1.29 is 9.53 Å². The molecule has 0 unspecified atom stereocenters. The maximum atomic E-state index is 11.6. The molecule has 3 N–H and O–H groups in total. The van der Waals surface area contributed by atoms with Gasteiger partial charge in [0.2, 0.25) is 0 Å². The van der Waals surface area contributed by atoms with Crippen LogP contribution >= 0.6 is 0 Å². The topological polar surface area (TPSA) is 62.4 Å². The number of carbonyl (C=O) groups is 1. The Morgan fingerprint density at radius 2 is 2.27 bits per heavy atom. The fraction of sp³-hybridized carbons (Fsp3) is 0.900. The number of piperazine rings is 1. The summed E-state index contributed by atoms with van der Waals surface area (Å²) in [5, 5.41) is 9.55. The second-order valence-corrected chi connectivity index (χ2v) is 5.37. The van der Waals surface area contributed by atoms with Crippen molar-refractivity contribution in [1.82, 2.24) is 16.0 Å². The molecule has 5 heteroatoms. The summed E-state index contributed by atoms with van der Waals surface area (Å²) < 4.78 is 5.23. The number of hydrogen-bond acceptors (Lipinski definition) is 4. The molecule has 2 saturated heterocycles. The van der Waals surface area contributed by atoms with Crippen LogP contribution in [-0.4, -0.2) is 36.5 Å². The SMILES string of the molecule is CC(C)(C)OC(=O)N[C@]12CN[C@@H](CN1)C2. The summed E-state index contributed by atoms with van der Waals surface area (Å²) in [5.74, 6) is 0. The number of carbonyl (C=O) groups excluding carboxylic acids is 1. The first-order valence-corrected chi connectivity index (χ1v) is 5.38. The Balaban J connectivity index is 1.89. The predicted molar refractivity (Wildman–Crippen MR) is 56.5 cm³/mol. The van der Waals surface area contributed by atoms with Gasteiger partial charge < -0.3 is 15.4 Å². The van der Waals surface area contributed by atoms with E-state index < -0.39 is 5.60 Å². The smallest absolute Gasteiger partial charge is 0.409 e. The van der Waals surface area contributed by atoms with Crippen LogP contribution in [0.2, 0.25) is 0 Å². The highest BCUT2D eigenvalue weighted by Crippen LogP contribution is 2.23. The summed E-state index contributed by atoms with van der Waals surface area (Å²) in [6.45, 7) is 7.28. The molecule has 0 aromatic heterocycles. The van der Waals surface area contributed by atoms with E-state index in [1.807, 2.05) is 20.8 Å². The minimum absolute atomic E-state index is 0.285. The lowest BCUT2D eigenvalue weighted by Gasteiger charge is -2.30. The lowest BCUT2D eigenvalue weighted by atomic mass is 10.1. The van der Waals surface area contributed by atoms with Gasteiger partial charge in [-0.05, 0) is 20.8 Å². The molecular formula is C10H19N3O2. The van der Waals surface area contributed by atoms with Crippen LogP contribution in [0.25, 0.3) is 0 Å². The van der Waals surface area contributed by atoms with Gasteiger partial charge in [0, 0.05) is 25.6 Å². The molecule has 86 valence electrons. The molecular weight excluding hydrogens is 194 g/mol. The van der Waals surface area contributed by atoms with E-state index in [-0.39, 0.29) is 11.8 Å². The van der Waals surface area contributed by atoms with E-state index >= 15 is 0 Å². The van der Waals surface area contributed by atoms with Crippen molar-refractivity contribution in [1.29, 1.82) is 0 Å². The lowest BCUT2D eigenvalue weighted by Crippen LogP contribution is -2.61. The van der Waals surface area contributed by atoms with Crippen molar-refractivity contribution in [2.75, 3.05) is 13.1 Å². The zero-order valence-electron chi connectivity index (χ0n) is 9.52. The molecule has 2 fully saturated rings. The van der Waals surface area contributed by atoms with E-state index in [9.17, 15) is 4.79 Å². The summed E-state index contributed by atoms with van der Waals surface area (Å²) in [5.41, 5.74) is -0.724. The fourth-order valence-electron chi connectivity index (χ4n) is 2.12. The Kier molecular flexibility index (Phi) is 2.39. The van der Waals surface area contributed by atoms with E-state index in [1.54, 1.807) is 0 Å². The molecule has 2 aliphatic heterocycles. The molecule has 2 bridgehead atoms. The third-order valence-electron chi connectivity index (χ3n) is 2.71. The molecule has 0 aliphatic carbocycles. The Bertz CT molecular complexity index is 264. The van der Waals surface area contributed by atoms with E-state index in [2.05, 4.69) is 16.0 Å². The molecule has 2 rings (SSSR count). The van der Waals surface area contributed by atoms with Crippen molar-refractivity contribution in [3.8, 4) is 0 Å². The Morgan fingerprint density at radius 1 is 1.53 bits per heavy atom. The second kappa shape index (κ2) is 3.35. The van der Waals surface area contributed by atoms with Crippen molar-refractivity contribution >= 4 is 6.09 Å². The van der Waals surface area contributed by atoms with Crippen molar-refractivity contribution in [3.63, 3.8) is 0 Å². The first-order valence-electron chi connectivity index (χ1n) is 5.38. The summed E-state index contributed by atoms with van der Waals surface area (Å²) in [4.78, 5) is 11.6. The van der Waals surface area contributed by atoms with Gasteiger partial charge >= 0.3 is 6.09 Å². The molecule has 15 heavy (non-hydrogen) atoms. The number of hydrogen-bond donors (Lipinski definition) is 3. The zero-order chi connectivity index (χ0) is 11.1. The largest absolute Gasteiger partial charge is 0.444 e. The second-order valence-electron chi connectivity index (χ2n) is 5.37. The van der Waals surface area contributed by atoms with E-state index in [0.29, 0.717) is 6.04 Å². The molecule has 0 aromatic carbocycles. The molecule has 5 nitrogen and oxygen atoms in total. The monoisotopic (exact) mass is 213 g/mol. The normalized spacial score (nSPS) is 34.2. The van der Waals surface area contributed by atoms with Gasteiger partial charge in [-0.2, -0.15) is 0 Å². The van der Waals surface area contributed by atoms with Crippen LogP contribution < -0.4 is 16.0 Å². The third-order valence-corrected chi connectivity index (χ3v) is 2.71. The minimum Gasteiger partial charge on any atom is -0.444 e. The van der Waals surface area contributed by atoms with Crippen LogP contribution in [0.1, 0.15) is 27.2 Å². The number of ether oxygens (including phenoxy) is 1. The van der Waals surface area contributed by atoms with Gasteiger partial charge in [0.25, 0.3) is 0 Å². The summed E-state index contributed by atoms with van der Waals surface area (Å²) in [6.07, 6.45) is 0.589. The van der Waals surface area contributed by atoms with Gasteiger partial charge in [-0.3, -0.25) is 5.32 Å². The Hall–Kier alpha value is -0.810.